The number of non-ortho nitro benzene ring substituents is 1. The Kier molecular flexibility index (Phi) is 5.11. The molecule has 1 heterocycles. The third-order valence-corrected chi connectivity index (χ3v) is 4.49. The zero-order valence-electron chi connectivity index (χ0n) is 13.9. The van der Waals surface area contributed by atoms with Crippen LogP contribution >= 0.6 is 23.2 Å². The minimum absolute atomic E-state index is 0.0782. The summed E-state index contributed by atoms with van der Waals surface area (Å²) >= 11 is 12.3. The fourth-order valence-electron chi connectivity index (χ4n) is 2.51. The number of nitro groups is 1. The van der Waals surface area contributed by atoms with E-state index in [1.165, 1.54) is 24.3 Å². The van der Waals surface area contributed by atoms with E-state index in [0.717, 1.165) is 11.1 Å². The molecule has 0 aromatic heterocycles. The summed E-state index contributed by atoms with van der Waals surface area (Å²) in [7, 11) is 0. The van der Waals surface area contributed by atoms with Gasteiger partial charge in [-0.3, -0.25) is 19.7 Å². The molecule has 0 unspecified atom stereocenters. The Bertz CT molecular complexity index is 1010. The van der Waals surface area contributed by atoms with Gasteiger partial charge in [0.15, 0.2) is 0 Å². The van der Waals surface area contributed by atoms with Crippen LogP contribution in [0.3, 0.4) is 0 Å². The van der Waals surface area contributed by atoms with E-state index in [1.54, 1.807) is 13.0 Å². The van der Waals surface area contributed by atoms with Crippen LogP contribution in [-0.4, -0.2) is 22.6 Å². The number of amidine groups is 1. The highest BCUT2D eigenvalue weighted by molar-refractivity contribution is 6.37. The molecule has 0 radical (unpaired) electrons. The van der Waals surface area contributed by atoms with Crippen molar-refractivity contribution in [2.75, 3.05) is 5.01 Å². The van der Waals surface area contributed by atoms with Gasteiger partial charge < -0.3 is 5.32 Å². The molecule has 0 bridgehead atoms. The van der Waals surface area contributed by atoms with Crippen molar-refractivity contribution in [3.63, 3.8) is 0 Å². The van der Waals surface area contributed by atoms with Crippen LogP contribution in [0.5, 0.6) is 0 Å². The fraction of sp³-hybridized carbons (Fsp3) is 0.118. The third-order valence-electron chi connectivity index (χ3n) is 3.78. The second-order valence-electron chi connectivity index (χ2n) is 5.75. The third kappa shape index (κ3) is 3.91. The largest absolute Gasteiger partial charge is 0.308 e. The maximum absolute atomic E-state index is 12.3. The highest BCUT2D eigenvalue weighted by Gasteiger charge is 2.29. The van der Waals surface area contributed by atoms with Crippen molar-refractivity contribution in [2.45, 2.75) is 13.3 Å². The summed E-state index contributed by atoms with van der Waals surface area (Å²) in [5.41, 5.74) is 0.854. The van der Waals surface area contributed by atoms with E-state index >= 15 is 0 Å². The summed E-state index contributed by atoms with van der Waals surface area (Å²) in [6.45, 7) is 1.74. The first-order chi connectivity index (χ1) is 12.8. The number of halogens is 2. The number of hydrogen-bond acceptors (Lipinski definition) is 5. The number of aryl methyl sites for hydroxylation is 1. The van der Waals surface area contributed by atoms with Crippen molar-refractivity contribution in [3.8, 4) is 0 Å². The number of rotatable bonds is 3. The molecule has 3 rings (SSSR count). The number of nitro benzene ring substituents is 1. The Balaban J connectivity index is 1.84. The number of amides is 2. The summed E-state index contributed by atoms with van der Waals surface area (Å²) in [5.74, 6) is -0.904. The van der Waals surface area contributed by atoms with Gasteiger partial charge in [-0.2, -0.15) is 10.1 Å². The van der Waals surface area contributed by atoms with E-state index in [9.17, 15) is 19.7 Å². The number of hydrazone groups is 1. The van der Waals surface area contributed by atoms with Gasteiger partial charge in [0.25, 0.3) is 17.5 Å². The average Bonchev–Trinajstić information content (AvgIpc) is 2.98. The molecule has 1 aliphatic rings. The number of anilines is 1. The molecule has 0 atom stereocenters. The van der Waals surface area contributed by atoms with E-state index in [4.69, 9.17) is 23.2 Å². The first kappa shape index (κ1) is 18.8. The van der Waals surface area contributed by atoms with Gasteiger partial charge in [0.2, 0.25) is 0 Å². The van der Waals surface area contributed by atoms with Gasteiger partial charge in [0.1, 0.15) is 5.84 Å². The summed E-state index contributed by atoms with van der Waals surface area (Å²) in [5, 5.41) is 19.2. The standard InChI is InChI=1S/C17H12Cl2N4O4/c1-9-5-11(18)7-13(16(9)19)22-15(24)8-14(21-22)20-17(25)10-3-2-4-12(6-10)23(26)27/h2-7H,8H2,1H3,(H,20,21,25). The minimum atomic E-state index is -0.611. The summed E-state index contributed by atoms with van der Waals surface area (Å²) in [6.07, 6.45) is -0.150. The number of carbonyl (C=O) groups excluding carboxylic acids is 2. The predicted molar refractivity (Wildman–Crippen MR) is 101 cm³/mol. The lowest BCUT2D eigenvalue weighted by molar-refractivity contribution is -0.384. The van der Waals surface area contributed by atoms with Gasteiger partial charge in [-0.05, 0) is 30.7 Å². The van der Waals surface area contributed by atoms with Crippen LogP contribution in [-0.2, 0) is 4.79 Å². The van der Waals surface area contributed by atoms with Crippen LogP contribution in [0.2, 0.25) is 10.0 Å². The van der Waals surface area contributed by atoms with Gasteiger partial charge in [0, 0.05) is 22.7 Å². The van der Waals surface area contributed by atoms with Gasteiger partial charge in [-0.1, -0.05) is 29.3 Å². The topological polar surface area (TPSA) is 105 Å². The molecule has 27 heavy (non-hydrogen) atoms. The zero-order chi connectivity index (χ0) is 19.7. The predicted octanol–water partition coefficient (Wildman–Crippen LogP) is 3.69. The maximum Gasteiger partial charge on any atom is 0.270 e. The van der Waals surface area contributed by atoms with Crippen molar-refractivity contribution in [2.24, 2.45) is 5.10 Å². The van der Waals surface area contributed by atoms with Crippen LogP contribution in [0.1, 0.15) is 22.3 Å². The Hall–Kier alpha value is -2.97. The molecule has 0 saturated heterocycles. The highest BCUT2D eigenvalue weighted by Crippen LogP contribution is 2.34. The number of carbonyl (C=O) groups is 2. The van der Waals surface area contributed by atoms with E-state index in [-0.39, 0.29) is 23.5 Å². The van der Waals surface area contributed by atoms with E-state index in [1.807, 2.05) is 0 Å². The normalized spacial score (nSPS) is 13.5. The molecule has 1 aliphatic heterocycles. The Morgan fingerprint density at radius 1 is 1.30 bits per heavy atom. The highest BCUT2D eigenvalue weighted by atomic mass is 35.5. The Labute approximate surface area is 163 Å². The van der Waals surface area contributed by atoms with Gasteiger partial charge in [0.05, 0.1) is 22.1 Å². The van der Waals surface area contributed by atoms with Gasteiger partial charge in [-0.25, -0.2) is 0 Å². The molecule has 2 amide bonds. The average molecular weight is 407 g/mol. The molecular formula is C17H12Cl2N4O4. The summed E-state index contributed by atoms with van der Waals surface area (Å²) in [6, 6.07) is 8.40. The quantitative estimate of drug-likeness (QED) is 0.619. The molecule has 10 heteroatoms. The molecule has 0 spiro atoms. The van der Waals surface area contributed by atoms with Crippen LogP contribution in [0.25, 0.3) is 0 Å². The number of nitrogens with one attached hydrogen (secondary N) is 1. The van der Waals surface area contributed by atoms with Crippen molar-refractivity contribution in [3.05, 3.63) is 67.7 Å². The van der Waals surface area contributed by atoms with Crippen LogP contribution in [0.15, 0.2) is 41.5 Å². The Morgan fingerprint density at radius 2 is 2.04 bits per heavy atom. The first-order valence-electron chi connectivity index (χ1n) is 7.68. The van der Waals surface area contributed by atoms with Gasteiger partial charge >= 0.3 is 0 Å². The molecule has 0 aliphatic carbocycles. The van der Waals surface area contributed by atoms with Crippen molar-refractivity contribution in [1.29, 1.82) is 0 Å². The summed E-state index contributed by atoms with van der Waals surface area (Å²) < 4.78 is 0. The zero-order valence-corrected chi connectivity index (χ0v) is 15.4. The maximum atomic E-state index is 12.3. The van der Waals surface area contributed by atoms with Crippen molar-refractivity contribution < 1.29 is 14.5 Å². The molecule has 1 N–H and O–H groups in total. The second-order valence-corrected chi connectivity index (χ2v) is 6.56. The second kappa shape index (κ2) is 7.34. The fourth-order valence-corrected chi connectivity index (χ4v) is 2.97. The van der Waals surface area contributed by atoms with E-state index in [0.29, 0.717) is 21.3 Å². The number of benzene rings is 2. The smallest absolute Gasteiger partial charge is 0.270 e. The molecule has 2 aromatic rings. The van der Waals surface area contributed by atoms with Crippen molar-refractivity contribution in [1.82, 2.24) is 5.32 Å². The number of hydrogen-bond donors (Lipinski definition) is 1. The molecule has 0 fully saturated rings. The van der Waals surface area contributed by atoms with E-state index < -0.39 is 16.7 Å². The molecule has 0 saturated carbocycles. The van der Waals surface area contributed by atoms with Crippen LogP contribution in [0.4, 0.5) is 11.4 Å². The lowest BCUT2D eigenvalue weighted by atomic mass is 10.2. The van der Waals surface area contributed by atoms with E-state index in [2.05, 4.69) is 10.4 Å². The number of nitrogens with zero attached hydrogens (tertiary/aromatic N) is 3. The molecule has 8 nitrogen and oxygen atoms in total. The first-order valence-corrected chi connectivity index (χ1v) is 8.43. The SMILES string of the molecule is Cc1cc(Cl)cc(N2N=C(NC(=O)c3cccc([N+](=O)[O-])c3)CC2=O)c1Cl. The van der Waals surface area contributed by atoms with Crippen LogP contribution in [0, 0.1) is 17.0 Å². The minimum Gasteiger partial charge on any atom is -0.308 e. The summed E-state index contributed by atoms with van der Waals surface area (Å²) in [4.78, 5) is 34.8. The monoisotopic (exact) mass is 406 g/mol. The lowest BCUT2D eigenvalue weighted by Crippen LogP contribution is -2.29. The van der Waals surface area contributed by atoms with Crippen LogP contribution < -0.4 is 10.3 Å². The molecule has 138 valence electrons. The molecular weight excluding hydrogens is 395 g/mol. The lowest BCUT2D eigenvalue weighted by Gasteiger charge is -2.15. The van der Waals surface area contributed by atoms with Crippen molar-refractivity contribution >= 4 is 52.2 Å². The van der Waals surface area contributed by atoms with Gasteiger partial charge in [-0.15, -0.1) is 0 Å². The molecule has 2 aromatic carbocycles. The Morgan fingerprint density at radius 3 is 2.74 bits per heavy atom.